The lowest BCUT2D eigenvalue weighted by atomic mass is 10.1. The van der Waals surface area contributed by atoms with E-state index in [0.717, 1.165) is 17.5 Å². The van der Waals surface area contributed by atoms with Crippen molar-refractivity contribution in [1.82, 2.24) is 0 Å². The van der Waals surface area contributed by atoms with Gasteiger partial charge in [0, 0.05) is 15.1 Å². The van der Waals surface area contributed by atoms with Crippen molar-refractivity contribution in [2.24, 2.45) is 0 Å². The van der Waals surface area contributed by atoms with Gasteiger partial charge in [0.05, 0.1) is 0 Å². The summed E-state index contributed by atoms with van der Waals surface area (Å²) in [5, 5.41) is 0. The highest BCUT2D eigenvalue weighted by molar-refractivity contribution is 14.1. The first-order valence-corrected chi connectivity index (χ1v) is 7.78. The van der Waals surface area contributed by atoms with Gasteiger partial charge in [0.1, 0.15) is 0 Å². The summed E-state index contributed by atoms with van der Waals surface area (Å²) in [6.45, 7) is 4.35. The second kappa shape index (κ2) is 6.77. The summed E-state index contributed by atoms with van der Waals surface area (Å²) in [6.07, 6.45) is 1.07. The predicted octanol–water partition coefficient (Wildman–Crippen LogP) is 5.14. The molecule has 0 aliphatic carbocycles. The van der Waals surface area contributed by atoms with E-state index in [1.54, 1.807) is 0 Å². The zero-order valence-electron chi connectivity index (χ0n) is 11.3. The number of alkyl halides is 1. The van der Waals surface area contributed by atoms with Gasteiger partial charge in [-0.2, -0.15) is 0 Å². The van der Waals surface area contributed by atoms with Gasteiger partial charge in [-0.1, -0.05) is 65.6 Å². The zero-order chi connectivity index (χ0) is 13.7. The van der Waals surface area contributed by atoms with E-state index in [9.17, 15) is 0 Å². The topological polar surface area (TPSA) is 0 Å². The third-order valence-corrected chi connectivity index (χ3v) is 3.80. The molecule has 96 valence electrons. The fraction of sp³-hybridized carbons (Fsp3) is 0.222. The van der Waals surface area contributed by atoms with Crippen LogP contribution in [-0.4, -0.2) is 0 Å². The first kappa shape index (κ1) is 14.1. The van der Waals surface area contributed by atoms with Crippen LogP contribution in [0.5, 0.6) is 0 Å². The molecule has 0 spiro atoms. The standard InChI is InChI=1S/C18H17I/c1-3-15-4-6-16(7-5-15)8-9-17-10-12-18(13-11-17)14(2)19/h4-7,10-14H,3H2,1-2H3. The fourth-order valence-electron chi connectivity index (χ4n) is 1.80. The number of rotatable bonds is 2. The van der Waals surface area contributed by atoms with Crippen molar-refractivity contribution in [3.05, 3.63) is 70.8 Å². The van der Waals surface area contributed by atoms with Gasteiger partial charge in [0.25, 0.3) is 0 Å². The van der Waals surface area contributed by atoms with Crippen LogP contribution in [0.25, 0.3) is 0 Å². The molecule has 0 aliphatic rings. The van der Waals surface area contributed by atoms with Crippen molar-refractivity contribution >= 4 is 22.6 Å². The lowest BCUT2D eigenvalue weighted by Crippen LogP contribution is -1.83. The Morgan fingerprint density at radius 2 is 1.37 bits per heavy atom. The highest BCUT2D eigenvalue weighted by Gasteiger charge is 1.98. The van der Waals surface area contributed by atoms with Gasteiger partial charge in [-0.25, -0.2) is 0 Å². The number of aryl methyl sites for hydroxylation is 1. The molecule has 2 aromatic carbocycles. The molecular formula is C18H17I. The first-order valence-electron chi connectivity index (χ1n) is 6.54. The molecule has 1 atom stereocenters. The van der Waals surface area contributed by atoms with E-state index in [1.165, 1.54) is 11.1 Å². The van der Waals surface area contributed by atoms with Gasteiger partial charge in [-0.3, -0.25) is 0 Å². The van der Waals surface area contributed by atoms with Gasteiger partial charge >= 0.3 is 0 Å². The molecule has 0 saturated carbocycles. The third kappa shape index (κ3) is 4.11. The van der Waals surface area contributed by atoms with Gasteiger partial charge in [-0.15, -0.1) is 0 Å². The summed E-state index contributed by atoms with van der Waals surface area (Å²) in [4.78, 5) is 0. The Morgan fingerprint density at radius 1 is 0.895 bits per heavy atom. The first-order chi connectivity index (χ1) is 9.19. The molecule has 2 aromatic rings. The van der Waals surface area contributed by atoms with Gasteiger partial charge < -0.3 is 0 Å². The van der Waals surface area contributed by atoms with E-state index in [0.29, 0.717) is 3.92 Å². The highest BCUT2D eigenvalue weighted by Crippen LogP contribution is 2.21. The van der Waals surface area contributed by atoms with Crippen molar-refractivity contribution in [3.8, 4) is 11.8 Å². The van der Waals surface area contributed by atoms with Crippen LogP contribution in [0.4, 0.5) is 0 Å². The average Bonchev–Trinajstić information content (AvgIpc) is 2.46. The van der Waals surface area contributed by atoms with Crippen molar-refractivity contribution in [3.63, 3.8) is 0 Å². The molecule has 0 saturated heterocycles. The smallest absolute Gasteiger partial charge is 0.0331 e. The van der Waals surface area contributed by atoms with Gasteiger partial charge in [0.15, 0.2) is 0 Å². The van der Waals surface area contributed by atoms with Crippen molar-refractivity contribution in [2.45, 2.75) is 24.2 Å². The lowest BCUT2D eigenvalue weighted by molar-refractivity contribution is 1.14. The number of hydrogen-bond donors (Lipinski definition) is 0. The molecule has 0 radical (unpaired) electrons. The maximum absolute atomic E-state index is 3.21. The van der Waals surface area contributed by atoms with Crippen molar-refractivity contribution < 1.29 is 0 Å². The molecule has 0 N–H and O–H groups in total. The monoisotopic (exact) mass is 360 g/mol. The molecule has 1 heteroatoms. The largest absolute Gasteiger partial charge is 0.0777 e. The van der Waals surface area contributed by atoms with Crippen LogP contribution in [0, 0.1) is 11.8 Å². The molecule has 0 aromatic heterocycles. The average molecular weight is 360 g/mol. The Labute approximate surface area is 129 Å². The summed E-state index contributed by atoms with van der Waals surface area (Å²) >= 11 is 2.42. The van der Waals surface area contributed by atoms with Crippen molar-refractivity contribution in [2.75, 3.05) is 0 Å². The molecular weight excluding hydrogens is 343 g/mol. The summed E-state index contributed by atoms with van der Waals surface area (Å²) in [6, 6.07) is 17.0. The van der Waals surface area contributed by atoms with Crippen LogP contribution in [-0.2, 0) is 6.42 Å². The predicted molar refractivity (Wildman–Crippen MR) is 90.7 cm³/mol. The van der Waals surface area contributed by atoms with Gasteiger partial charge in [0.2, 0.25) is 0 Å². The second-order valence-electron chi connectivity index (χ2n) is 4.54. The van der Waals surface area contributed by atoms with E-state index in [4.69, 9.17) is 0 Å². The van der Waals surface area contributed by atoms with Crippen LogP contribution in [0.2, 0.25) is 0 Å². The Hall–Kier alpha value is -1.27. The molecule has 0 aliphatic heterocycles. The fourth-order valence-corrected chi connectivity index (χ4v) is 2.21. The Balaban J connectivity index is 2.14. The molecule has 0 heterocycles. The third-order valence-electron chi connectivity index (χ3n) is 3.08. The maximum atomic E-state index is 3.21. The van der Waals surface area contributed by atoms with Crippen molar-refractivity contribution in [1.29, 1.82) is 0 Å². The molecule has 0 bridgehead atoms. The van der Waals surface area contributed by atoms with Crippen LogP contribution in [0.1, 0.15) is 40.0 Å². The Kier molecular flexibility index (Phi) is 5.04. The van der Waals surface area contributed by atoms with E-state index < -0.39 is 0 Å². The number of halogens is 1. The Bertz CT molecular complexity index is 580. The van der Waals surface area contributed by atoms with Crippen LogP contribution in [0.15, 0.2) is 48.5 Å². The molecule has 0 fully saturated rings. The summed E-state index contributed by atoms with van der Waals surface area (Å²) < 4.78 is 0.543. The molecule has 1 unspecified atom stereocenters. The van der Waals surface area contributed by atoms with Crippen LogP contribution < -0.4 is 0 Å². The summed E-state index contributed by atoms with van der Waals surface area (Å²) in [5.41, 5.74) is 4.84. The molecule has 0 amide bonds. The van der Waals surface area contributed by atoms with Gasteiger partial charge in [-0.05, 0) is 48.7 Å². The number of benzene rings is 2. The zero-order valence-corrected chi connectivity index (χ0v) is 13.4. The minimum atomic E-state index is 0.543. The van der Waals surface area contributed by atoms with E-state index in [2.05, 4.69) is 96.8 Å². The minimum absolute atomic E-state index is 0.543. The van der Waals surface area contributed by atoms with Crippen LogP contribution >= 0.6 is 22.6 Å². The van der Waals surface area contributed by atoms with Crippen LogP contribution in [0.3, 0.4) is 0 Å². The number of hydrogen-bond acceptors (Lipinski definition) is 0. The maximum Gasteiger partial charge on any atom is 0.0331 e. The SMILES string of the molecule is CCc1ccc(C#Cc2ccc(C(C)I)cc2)cc1. The molecule has 0 nitrogen and oxygen atoms in total. The van der Waals surface area contributed by atoms with E-state index in [-0.39, 0.29) is 0 Å². The Morgan fingerprint density at radius 3 is 1.79 bits per heavy atom. The van der Waals surface area contributed by atoms with E-state index >= 15 is 0 Å². The molecule has 2 rings (SSSR count). The van der Waals surface area contributed by atoms with E-state index in [1.807, 2.05) is 0 Å². The minimum Gasteiger partial charge on any atom is -0.0777 e. The summed E-state index contributed by atoms with van der Waals surface area (Å²) in [5.74, 6) is 6.42. The lowest BCUT2D eigenvalue weighted by Gasteiger charge is -2.02. The second-order valence-corrected chi connectivity index (χ2v) is 6.41. The normalized spacial score (nSPS) is 11.5. The molecule has 19 heavy (non-hydrogen) atoms. The quantitative estimate of drug-likeness (QED) is 0.395. The summed E-state index contributed by atoms with van der Waals surface area (Å²) in [7, 11) is 0. The highest BCUT2D eigenvalue weighted by atomic mass is 127.